The van der Waals surface area contributed by atoms with E-state index in [0.29, 0.717) is 27.0 Å². The maximum Gasteiger partial charge on any atom is 0.345 e. The topological polar surface area (TPSA) is 83.3 Å². The van der Waals surface area contributed by atoms with Crippen molar-refractivity contribution in [1.82, 2.24) is 14.7 Å². The first-order valence-corrected chi connectivity index (χ1v) is 8.47. The molecule has 0 aliphatic carbocycles. The van der Waals surface area contributed by atoms with Gasteiger partial charge in [-0.05, 0) is 42.9 Å². The minimum absolute atomic E-state index is 0.0519. The summed E-state index contributed by atoms with van der Waals surface area (Å²) in [6.07, 6.45) is 3.30. The lowest BCUT2D eigenvalue weighted by molar-refractivity contribution is 0.0512. The lowest BCUT2D eigenvalue weighted by atomic mass is 10.2. The summed E-state index contributed by atoms with van der Waals surface area (Å²) in [5, 5.41) is 0.579. The maximum absolute atomic E-state index is 12.7. The highest BCUT2D eigenvalue weighted by atomic mass is 127. The van der Waals surface area contributed by atoms with Crippen LogP contribution in [0.1, 0.15) is 42.9 Å². The summed E-state index contributed by atoms with van der Waals surface area (Å²) >= 11 is 1.94. The Hall–Kier alpha value is -1.71. The number of aromatic nitrogens is 3. The van der Waals surface area contributed by atoms with Crippen LogP contribution in [0.5, 0.6) is 0 Å². The van der Waals surface area contributed by atoms with E-state index >= 15 is 0 Å². The van der Waals surface area contributed by atoms with Crippen molar-refractivity contribution in [3.63, 3.8) is 0 Å². The molecule has 0 aromatic carbocycles. The lowest BCUT2D eigenvalue weighted by Gasteiger charge is -2.14. The Labute approximate surface area is 147 Å². The normalized spacial score (nSPS) is 10.8. The van der Waals surface area contributed by atoms with Gasteiger partial charge in [0.05, 0.1) is 12.0 Å². The van der Waals surface area contributed by atoms with Crippen molar-refractivity contribution in [2.24, 2.45) is 0 Å². The SMILES string of the molecule is CCCCOn1c(=O)c(C(=O)OCC)c(I)c2cnc(C)nc21. The molecule has 2 rings (SSSR count). The number of hydrogen-bond acceptors (Lipinski definition) is 6. The van der Waals surface area contributed by atoms with Gasteiger partial charge < -0.3 is 9.57 Å². The molecule has 0 radical (unpaired) electrons. The van der Waals surface area contributed by atoms with E-state index in [9.17, 15) is 9.59 Å². The van der Waals surface area contributed by atoms with Crippen LogP contribution in [0.2, 0.25) is 0 Å². The third-order valence-corrected chi connectivity index (χ3v) is 4.25. The number of aryl methyl sites for hydroxylation is 1. The van der Waals surface area contributed by atoms with Crippen molar-refractivity contribution >= 4 is 39.6 Å². The molecule has 0 amide bonds. The van der Waals surface area contributed by atoms with Gasteiger partial charge in [0, 0.05) is 9.77 Å². The van der Waals surface area contributed by atoms with E-state index in [0.717, 1.165) is 17.6 Å². The summed E-state index contributed by atoms with van der Waals surface area (Å²) in [7, 11) is 0. The predicted molar refractivity (Wildman–Crippen MR) is 93.6 cm³/mol. The molecule has 0 saturated heterocycles. The molecule has 23 heavy (non-hydrogen) atoms. The Balaban J connectivity index is 2.70. The molecule has 0 saturated carbocycles. The number of halogens is 1. The molecule has 124 valence electrons. The van der Waals surface area contributed by atoms with Gasteiger partial charge in [0.1, 0.15) is 18.0 Å². The maximum atomic E-state index is 12.7. The van der Waals surface area contributed by atoms with E-state index in [-0.39, 0.29) is 12.2 Å². The Kier molecular flexibility index (Phi) is 5.91. The van der Waals surface area contributed by atoms with Gasteiger partial charge >= 0.3 is 11.5 Å². The fourth-order valence-corrected chi connectivity index (χ4v) is 2.83. The Morgan fingerprint density at radius 1 is 1.39 bits per heavy atom. The number of unbranched alkanes of at least 4 members (excludes halogenated alkanes) is 1. The third-order valence-electron chi connectivity index (χ3n) is 3.13. The number of hydrogen-bond donors (Lipinski definition) is 0. The van der Waals surface area contributed by atoms with Gasteiger partial charge in [0.2, 0.25) is 0 Å². The summed E-state index contributed by atoms with van der Waals surface area (Å²) in [6, 6.07) is 0. The monoisotopic (exact) mass is 431 g/mol. The standard InChI is InChI=1S/C15H18IN3O4/c1-4-6-7-23-19-13-10(8-17-9(3)18-13)12(16)11(14(19)20)15(21)22-5-2/h8H,4-7H2,1-3H3. The summed E-state index contributed by atoms with van der Waals surface area (Å²) in [5.74, 6) is -0.151. The predicted octanol–water partition coefficient (Wildman–Crippen LogP) is 2.11. The number of pyridine rings is 1. The fraction of sp³-hybridized carbons (Fsp3) is 0.467. The summed E-state index contributed by atoms with van der Waals surface area (Å²) < 4.78 is 6.54. The van der Waals surface area contributed by atoms with Crippen molar-refractivity contribution in [1.29, 1.82) is 0 Å². The van der Waals surface area contributed by atoms with Crippen LogP contribution in [0.4, 0.5) is 0 Å². The van der Waals surface area contributed by atoms with Crippen LogP contribution >= 0.6 is 22.6 Å². The Morgan fingerprint density at radius 3 is 2.78 bits per heavy atom. The molecule has 0 aliphatic rings. The summed E-state index contributed by atoms with van der Waals surface area (Å²) in [5.41, 5.74) is -0.255. The van der Waals surface area contributed by atoms with Crippen LogP contribution in [0.3, 0.4) is 0 Å². The minimum atomic E-state index is -0.669. The van der Waals surface area contributed by atoms with Crippen molar-refractivity contribution < 1.29 is 14.4 Å². The smallest absolute Gasteiger partial charge is 0.345 e. The van der Waals surface area contributed by atoms with Crippen molar-refractivity contribution in [2.45, 2.75) is 33.6 Å². The fourth-order valence-electron chi connectivity index (χ4n) is 1.99. The van der Waals surface area contributed by atoms with E-state index in [2.05, 4.69) is 9.97 Å². The van der Waals surface area contributed by atoms with Crippen molar-refractivity contribution in [2.75, 3.05) is 13.2 Å². The molecule has 8 heteroatoms. The summed E-state index contributed by atoms with van der Waals surface area (Å²) in [6.45, 7) is 5.99. The second kappa shape index (κ2) is 7.71. The first kappa shape index (κ1) is 17.6. The highest BCUT2D eigenvalue weighted by molar-refractivity contribution is 14.1. The largest absolute Gasteiger partial charge is 0.462 e. The zero-order chi connectivity index (χ0) is 17.0. The zero-order valence-electron chi connectivity index (χ0n) is 13.3. The van der Waals surface area contributed by atoms with Gasteiger partial charge in [-0.15, -0.1) is 4.73 Å². The van der Waals surface area contributed by atoms with Crippen molar-refractivity contribution in [3.05, 3.63) is 31.5 Å². The van der Waals surface area contributed by atoms with Crippen molar-refractivity contribution in [3.8, 4) is 0 Å². The second-order valence-corrected chi connectivity index (χ2v) is 5.93. The minimum Gasteiger partial charge on any atom is -0.462 e. The molecule has 0 aliphatic heterocycles. The Morgan fingerprint density at radius 2 is 2.13 bits per heavy atom. The quantitative estimate of drug-likeness (QED) is 0.396. The molecular formula is C15H18IN3O4. The van der Waals surface area contributed by atoms with Gasteiger partial charge in [-0.1, -0.05) is 13.3 Å². The van der Waals surface area contributed by atoms with Crippen LogP contribution in [0, 0.1) is 10.5 Å². The van der Waals surface area contributed by atoms with Gasteiger partial charge in [0.15, 0.2) is 5.65 Å². The number of fused-ring (bicyclic) bond motifs is 1. The van der Waals surface area contributed by atoms with E-state index in [1.807, 2.05) is 29.5 Å². The number of nitrogens with zero attached hydrogens (tertiary/aromatic N) is 3. The van der Waals surface area contributed by atoms with E-state index in [1.54, 1.807) is 20.0 Å². The molecule has 0 spiro atoms. The number of carbonyl (C=O) groups excluding carboxylic acids is 1. The van der Waals surface area contributed by atoms with Crippen LogP contribution < -0.4 is 10.4 Å². The molecule has 0 N–H and O–H groups in total. The van der Waals surface area contributed by atoms with Crippen LogP contribution in [0.15, 0.2) is 11.0 Å². The third kappa shape index (κ3) is 3.62. The second-order valence-electron chi connectivity index (χ2n) is 4.85. The average molecular weight is 431 g/mol. The molecule has 0 bridgehead atoms. The average Bonchev–Trinajstić information content (AvgIpc) is 2.51. The molecule has 0 unspecified atom stereocenters. The molecule has 7 nitrogen and oxygen atoms in total. The van der Waals surface area contributed by atoms with Crippen LogP contribution in [0.25, 0.3) is 11.0 Å². The highest BCUT2D eigenvalue weighted by Crippen LogP contribution is 2.20. The molecule has 0 atom stereocenters. The molecule has 0 fully saturated rings. The van der Waals surface area contributed by atoms with Gasteiger partial charge in [-0.25, -0.2) is 14.8 Å². The number of esters is 1. The van der Waals surface area contributed by atoms with E-state index in [1.165, 1.54) is 0 Å². The highest BCUT2D eigenvalue weighted by Gasteiger charge is 2.24. The van der Waals surface area contributed by atoms with Gasteiger partial charge in [-0.3, -0.25) is 4.79 Å². The molecular weight excluding hydrogens is 413 g/mol. The number of rotatable bonds is 6. The van der Waals surface area contributed by atoms with Crippen LogP contribution in [-0.2, 0) is 4.74 Å². The first-order chi connectivity index (χ1) is 11.0. The molecule has 2 heterocycles. The van der Waals surface area contributed by atoms with Gasteiger partial charge in [0.25, 0.3) is 0 Å². The molecule has 2 aromatic rings. The Bertz CT molecular complexity index is 788. The number of ether oxygens (including phenoxy) is 1. The van der Waals surface area contributed by atoms with Crippen LogP contribution in [-0.4, -0.2) is 33.9 Å². The number of carbonyl (C=O) groups is 1. The van der Waals surface area contributed by atoms with E-state index < -0.39 is 11.5 Å². The van der Waals surface area contributed by atoms with Gasteiger partial charge in [-0.2, -0.15) is 0 Å². The zero-order valence-corrected chi connectivity index (χ0v) is 15.4. The lowest BCUT2D eigenvalue weighted by Crippen LogP contribution is -2.34. The molecule has 2 aromatic heterocycles. The first-order valence-electron chi connectivity index (χ1n) is 7.39. The van der Waals surface area contributed by atoms with E-state index in [4.69, 9.17) is 9.57 Å². The summed E-state index contributed by atoms with van der Waals surface area (Å²) in [4.78, 5) is 38.8.